The van der Waals surface area contributed by atoms with Gasteiger partial charge in [-0.2, -0.15) is 0 Å². The van der Waals surface area contributed by atoms with Crippen molar-refractivity contribution in [2.45, 2.75) is 148 Å². The molecule has 1 amide bonds. The molecule has 0 radical (unpaired) electrons. The first-order valence-electron chi connectivity index (χ1n) is 19.8. The number of allylic oxidation sites excluding steroid dienone is 11. The van der Waals surface area contributed by atoms with Gasteiger partial charge in [0, 0.05) is 6.42 Å². The summed E-state index contributed by atoms with van der Waals surface area (Å²) >= 11 is 0. The second-order valence-corrected chi connectivity index (χ2v) is 15.7. The number of amides is 1. The summed E-state index contributed by atoms with van der Waals surface area (Å²) in [6.07, 6.45) is 44.0. The van der Waals surface area contributed by atoms with E-state index in [1.54, 1.807) is 6.08 Å². The van der Waals surface area contributed by atoms with Crippen LogP contribution in [-0.2, 0) is 18.4 Å². The zero-order valence-corrected chi connectivity index (χ0v) is 34.0. The van der Waals surface area contributed by atoms with Crippen LogP contribution < -0.4 is 5.32 Å². The first kappa shape index (κ1) is 48.9. The molecule has 0 aliphatic rings. The zero-order valence-electron chi connectivity index (χ0n) is 33.1. The van der Waals surface area contributed by atoms with Gasteiger partial charge >= 0.3 is 7.82 Å². The number of unbranched alkanes of at least 4 members (excludes halogenated alkanes) is 11. The maximum Gasteiger partial charge on any atom is 0.472 e. The van der Waals surface area contributed by atoms with Crippen LogP contribution in [0, 0.1) is 0 Å². The van der Waals surface area contributed by atoms with E-state index in [-0.39, 0.29) is 19.1 Å². The van der Waals surface area contributed by atoms with E-state index in [4.69, 9.17) is 9.05 Å². The van der Waals surface area contributed by atoms with Crippen molar-refractivity contribution in [2.24, 2.45) is 0 Å². The maximum absolute atomic E-state index is 12.8. The van der Waals surface area contributed by atoms with E-state index < -0.39 is 20.0 Å². The molecular weight excluding hydrogens is 659 g/mol. The van der Waals surface area contributed by atoms with E-state index in [1.165, 1.54) is 25.7 Å². The molecule has 0 heterocycles. The molecular formula is C42H76N2O6P+. The molecule has 3 atom stereocenters. The van der Waals surface area contributed by atoms with Gasteiger partial charge in [-0.3, -0.25) is 13.8 Å². The second-order valence-electron chi connectivity index (χ2n) is 14.3. The molecule has 0 rings (SSSR count). The van der Waals surface area contributed by atoms with Crippen molar-refractivity contribution in [2.75, 3.05) is 40.9 Å². The minimum Gasteiger partial charge on any atom is -0.387 e. The monoisotopic (exact) mass is 736 g/mol. The highest BCUT2D eigenvalue weighted by Gasteiger charge is 2.27. The lowest BCUT2D eigenvalue weighted by molar-refractivity contribution is -0.870. The predicted molar refractivity (Wildman–Crippen MR) is 216 cm³/mol. The molecule has 3 unspecified atom stereocenters. The molecule has 0 spiro atoms. The van der Waals surface area contributed by atoms with Crippen LogP contribution in [-0.4, -0.2) is 73.4 Å². The molecule has 0 aromatic heterocycles. The number of quaternary nitrogens is 1. The van der Waals surface area contributed by atoms with Crippen LogP contribution in [0.2, 0.25) is 0 Å². The van der Waals surface area contributed by atoms with E-state index in [9.17, 15) is 19.4 Å². The van der Waals surface area contributed by atoms with Crippen molar-refractivity contribution >= 4 is 13.7 Å². The van der Waals surface area contributed by atoms with Crippen LogP contribution >= 0.6 is 7.82 Å². The molecule has 294 valence electrons. The summed E-state index contributed by atoms with van der Waals surface area (Å²) in [6, 6.07) is -0.857. The Labute approximate surface area is 313 Å². The fraction of sp³-hybridized carbons (Fsp3) is 0.690. The molecule has 3 N–H and O–H groups in total. The van der Waals surface area contributed by atoms with Crippen molar-refractivity contribution in [3.63, 3.8) is 0 Å². The van der Waals surface area contributed by atoms with Crippen molar-refractivity contribution in [1.29, 1.82) is 0 Å². The second kappa shape index (κ2) is 33.8. The van der Waals surface area contributed by atoms with Crippen molar-refractivity contribution in [3.05, 3.63) is 72.9 Å². The van der Waals surface area contributed by atoms with Crippen LogP contribution in [0.4, 0.5) is 0 Å². The maximum atomic E-state index is 12.8. The molecule has 0 aromatic rings. The highest BCUT2D eigenvalue weighted by Crippen LogP contribution is 2.43. The first-order chi connectivity index (χ1) is 24.5. The van der Waals surface area contributed by atoms with Gasteiger partial charge in [-0.25, -0.2) is 4.57 Å². The Kier molecular flexibility index (Phi) is 32.4. The summed E-state index contributed by atoms with van der Waals surface area (Å²) in [5.41, 5.74) is 0. The minimum absolute atomic E-state index is 0.0529. The van der Waals surface area contributed by atoms with Gasteiger partial charge in [-0.05, 0) is 64.2 Å². The molecule has 0 aliphatic heterocycles. The van der Waals surface area contributed by atoms with E-state index in [2.05, 4.69) is 79.9 Å². The Hall–Kier alpha value is -2.06. The van der Waals surface area contributed by atoms with Gasteiger partial charge in [0.2, 0.25) is 5.91 Å². The fourth-order valence-electron chi connectivity index (χ4n) is 5.01. The zero-order chi connectivity index (χ0) is 37.9. The lowest BCUT2D eigenvalue weighted by atomic mass is 10.1. The van der Waals surface area contributed by atoms with E-state index in [0.717, 1.165) is 89.9 Å². The molecule has 0 aliphatic carbocycles. The fourth-order valence-corrected chi connectivity index (χ4v) is 5.74. The van der Waals surface area contributed by atoms with Crippen LogP contribution in [0.3, 0.4) is 0 Å². The van der Waals surface area contributed by atoms with Crippen molar-refractivity contribution in [3.8, 4) is 0 Å². The number of nitrogens with zero attached hydrogens (tertiary/aromatic N) is 1. The number of rotatable bonds is 34. The van der Waals surface area contributed by atoms with E-state index in [1.807, 2.05) is 27.2 Å². The molecule has 0 aromatic carbocycles. The normalized spacial score (nSPS) is 15.4. The summed E-state index contributed by atoms with van der Waals surface area (Å²) in [5, 5.41) is 13.7. The van der Waals surface area contributed by atoms with Gasteiger partial charge in [-0.15, -0.1) is 0 Å². The molecule has 0 bridgehead atoms. The van der Waals surface area contributed by atoms with E-state index >= 15 is 0 Å². The number of hydrogen-bond acceptors (Lipinski definition) is 5. The average molecular weight is 736 g/mol. The number of phosphoric acid groups is 1. The van der Waals surface area contributed by atoms with Crippen LogP contribution in [0.25, 0.3) is 0 Å². The number of carbonyl (C=O) groups is 1. The topological polar surface area (TPSA) is 105 Å². The van der Waals surface area contributed by atoms with Gasteiger partial charge in [-0.1, -0.05) is 138 Å². The molecule has 0 fully saturated rings. The third kappa shape index (κ3) is 36.1. The summed E-state index contributed by atoms with van der Waals surface area (Å²) < 4.78 is 23.4. The van der Waals surface area contributed by atoms with Gasteiger partial charge in [0.15, 0.2) is 0 Å². The SMILES string of the molecule is CC/C=C\C/C=C\C/C=C\C/C=C\C/C=C\CCCCCCCC(=O)NC(COP(=O)(O)OCC[N+](C)(C)C)C(O)/C=C/CCCCCCCC. The summed E-state index contributed by atoms with van der Waals surface area (Å²) in [5.74, 6) is -0.204. The number of hydrogen-bond donors (Lipinski definition) is 3. The third-order valence-corrected chi connectivity index (χ3v) is 9.17. The molecule has 51 heavy (non-hydrogen) atoms. The minimum atomic E-state index is -4.34. The lowest BCUT2D eigenvalue weighted by Crippen LogP contribution is -2.45. The summed E-state index contributed by atoms with van der Waals surface area (Å²) in [4.78, 5) is 23.0. The predicted octanol–water partition coefficient (Wildman–Crippen LogP) is 10.5. The van der Waals surface area contributed by atoms with E-state index in [0.29, 0.717) is 17.4 Å². The quantitative estimate of drug-likeness (QED) is 0.0263. The Bertz CT molecular complexity index is 1060. The number of aliphatic hydroxyl groups excluding tert-OH is 1. The standard InChI is InChI=1S/C42H75N2O6P/c1-6-8-10-12-14-16-17-18-19-20-21-22-23-24-25-26-27-28-30-32-34-36-42(46)43-40(39-50-51(47,48)49-38-37-44(3,4)5)41(45)35-33-31-29-15-13-11-9-7-2/h8,10,14,16,18-19,21-22,24-25,33,35,40-41,45H,6-7,9,11-13,15,17,20,23,26-32,34,36-39H2,1-5H3,(H-,43,46,47,48)/p+1/b10-8-,16-14-,19-18-,22-21-,25-24-,35-33+. The van der Waals surface area contributed by atoms with Gasteiger partial charge in [0.25, 0.3) is 0 Å². The summed E-state index contributed by atoms with van der Waals surface area (Å²) in [6.45, 7) is 4.60. The number of carbonyl (C=O) groups excluding carboxylic acids is 1. The Balaban J connectivity index is 4.41. The van der Waals surface area contributed by atoms with Gasteiger partial charge in [0.05, 0.1) is 39.9 Å². The van der Waals surface area contributed by atoms with Crippen molar-refractivity contribution in [1.82, 2.24) is 5.32 Å². The van der Waals surface area contributed by atoms with Gasteiger partial charge in [0.1, 0.15) is 13.2 Å². The first-order valence-corrected chi connectivity index (χ1v) is 21.3. The largest absolute Gasteiger partial charge is 0.472 e. The highest BCUT2D eigenvalue weighted by atomic mass is 31.2. The number of aliphatic hydroxyl groups is 1. The lowest BCUT2D eigenvalue weighted by Gasteiger charge is -2.25. The summed E-state index contributed by atoms with van der Waals surface area (Å²) in [7, 11) is 1.54. The molecule has 8 nitrogen and oxygen atoms in total. The van der Waals surface area contributed by atoms with Crippen molar-refractivity contribution < 1.29 is 32.9 Å². The third-order valence-electron chi connectivity index (χ3n) is 8.18. The number of likely N-dealkylation sites (N-methyl/N-ethyl adjacent to an activating group) is 1. The number of phosphoric ester groups is 1. The van der Waals surface area contributed by atoms with Crippen LogP contribution in [0.1, 0.15) is 136 Å². The Morgan fingerprint density at radius 2 is 1.18 bits per heavy atom. The van der Waals surface area contributed by atoms with Crippen LogP contribution in [0.15, 0.2) is 72.9 Å². The Morgan fingerprint density at radius 3 is 1.73 bits per heavy atom. The highest BCUT2D eigenvalue weighted by molar-refractivity contribution is 7.47. The van der Waals surface area contributed by atoms with Crippen LogP contribution in [0.5, 0.6) is 0 Å². The molecule has 0 saturated heterocycles. The number of nitrogens with one attached hydrogen (secondary N) is 1. The molecule has 9 heteroatoms. The Morgan fingerprint density at radius 1 is 0.686 bits per heavy atom. The van der Waals surface area contributed by atoms with Gasteiger partial charge < -0.3 is 19.8 Å². The smallest absolute Gasteiger partial charge is 0.387 e. The molecule has 0 saturated carbocycles. The average Bonchev–Trinajstić information content (AvgIpc) is 3.07.